The molecule has 4 N–H and O–H groups in total. The van der Waals surface area contributed by atoms with Gasteiger partial charge < -0.3 is 20.5 Å². The maximum Gasteiger partial charge on any atom is 0.185 e. The van der Waals surface area contributed by atoms with E-state index in [1.165, 1.54) is 43.1 Å². The second-order valence-corrected chi connectivity index (χ2v) is 11.3. The summed E-state index contributed by atoms with van der Waals surface area (Å²) in [5.41, 5.74) is 7.04. The van der Waals surface area contributed by atoms with Gasteiger partial charge in [-0.15, -0.1) is 0 Å². The highest BCUT2D eigenvalue weighted by molar-refractivity contribution is 7.98. The maximum absolute atomic E-state index is 15.1. The van der Waals surface area contributed by atoms with E-state index in [2.05, 4.69) is 10.3 Å². The Hall–Kier alpha value is -3.83. The highest BCUT2D eigenvalue weighted by Gasteiger charge is 2.30. The lowest BCUT2D eigenvalue weighted by Gasteiger charge is -2.28. The van der Waals surface area contributed by atoms with Crippen LogP contribution in [0.1, 0.15) is 37.1 Å². The Morgan fingerprint density at radius 3 is 2.50 bits per heavy atom. The smallest absolute Gasteiger partial charge is 0.185 e. The van der Waals surface area contributed by atoms with Crippen molar-refractivity contribution < 1.29 is 22.6 Å². The van der Waals surface area contributed by atoms with Crippen LogP contribution in [0.5, 0.6) is 11.5 Å². The van der Waals surface area contributed by atoms with E-state index >= 15 is 4.39 Å². The number of rotatable bonds is 12. The minimum Gasteiger partial charge on any atom is -0.494 e. The standard InChI is InChI=1S/C30H31ClF3N5O2S/c1-30(2,18-5-10-24(33)26(13-18)40-3)27-16-38-29(39(27)20-8-6-19(32)7-9-20)42-17-22-23(31)14-21(15-25(22)34)41-12-4-11-37-28(35)36/h5-10,13-16H,4,11-12,17H2,1-3H3,(H4,35,36,37). The molecule has 0 fully saturated rings. The third kappa shape index (κ3) is 7.14. The molecule has 3 aromatic carbocycles. The summed E-state index contributed by atoms with van der Waals surface area (Å²) in [6.07, 6.45) is 2.27. The molecule has 0 radical (unpaired) electrons. The van der Waals surface area contributed by atoms with Crippen molar-refractivity contribution in [1.29, 1.82) is 5.41 Å². The molecule has 42 heavy (non-hydrogen) atoms. The lowest BCUT2D eigenvalue weighted by molar-refractivity contribution is 0.309. The predicted molar refractivity (Wildman–Crippen MR) is 160 cm³/mol. The van der Waals surface area contributed by atoms with E-state index in [-0.39, 0.29) is 40.5 Å². The summed E-state index contributed by atoms with van der Waals surface area (Å²) in [6, 6.07) is 13.5. The largest absolute Gasteiger partial charge is 0.494 e. The first-order chi connectivity index (χ1) is 20.0. The molecule has 12 heteroatoms. The molecule has 4 aromatic rings. The molecule has 0 aliphatic heterocycles. The average Bonchev–Trinajstić information content (AvgIpc) is 3.37. The van der Waals surface area contributed by atoms with Crippen LogP contribution in [0.25, 0.3) is 5.69 Å². The van der Waals surface area contributed by atoms with Crippen LogP contribution in [0.15, 0.2) is 66.0 Å². The van der Waals surface area contributed by atoms with Crippen LogP contribution in [0.2, 0.25) is 5.02 Å². The van der Waals surface area contributed by atoms with Crippen molar-refractivity contribution in [2.24, 2.45) is 5.73 Å². The molecule has 4 rings (SSSR count). The number of hydrogen-bond acceptors (Lipinski definition) is 5. The van der Waals surface area contributed by atoms with Crippen molar-refractivity contribution in [3.05, 3.63) is 100 Å². The lowest BCUT2D eigenvalue weighted by Crippen LogP contribution is -2.31. The van der Waals surface area contributed by atoms with Gasteiger partial charge in [0.15, 0.2) is 22.7 Å². The van der Waals surface area contributed by atoms with Gasteiger partial charge >= 0.3 is 0 Å². The molecule has 0 saturated carbocycles. The van der Waals surface area contributed by atoms with Crippen molar-refractivity contribution in [3.63, 3.8) is 0 Å². The van der Waals surface area contributed by atoms with Gasteiger partial charge in [-0.3, -0.25) is 9.98 Å². The van der Waals surface area contributed by atoms with E-state index in [4.69, 9.17) is 32.2 Å². The molecule has 0 aliphatic rings. The van der Waals surface area contributed by atoms with Gasteiger partial charge in [0.25, 0.3) is 0 Å². The normalized spacial score (nSPS) is 11.4. The number of nitrogens with one attached hydrogen (secondary N) is 2. The van der Waals surface area contributed by atoms with Crippen LogP contribution in [0.3, 0.4) is 0 Å². The second kappa shape index (κ2) is 13.4. The number of halogens is 4. The lowest BCUT2D eigenvalue weighted by atomic mass is 9.81. The highest BCUT2D eigenvalue weighted by atomic mass is 35.5. The fourth-order valence-electron chi connectivity index (χ4n) is 4.34. The molecular weight excluding hydrogens is 587 g/mol. The second-order valence-electron chi connectivity index (χ2n) is 9.91. The van der Waals surface area contributed by atoms with Crippen molar-refractivity contribution in [3.8, 4) is 17.2 Å². The van der Waals surface area contributed by atoms with E-state index in [1.807, 2.05) is 18.4 Å². The number of thioether (sulfide) groups is 1. The van der Waals surface area contributed by atoms with E-state index in [0.29, 0.717) is 29.6 Å². The van der Waals surface area contributed by atoms with E-state index < -0.39 is 17.0 Å². The van der Waals surface area contributed by atoms with E-state index in [1.54, 1.807) is 36.5 Å². The number of nitrogens with zero attached hydrogens (tertiary/aromatic N) is 2. The predicted octanol–water partition coefficient (Wildman–Crippen LogP) is 6.82. The molecule has 0 aliphatic carbocycles. The summed E-state index contributed by atoms with van der Waals surface area (Å²) in [7, 11) is 1.41. The zero-order chi connectivity index (χ0) is 30.4. The SMILES string of the molecule is COc1cc(C(C)(C)c2cnc(SCc3c(F)cc(OCCCNC(=N)N)cc3Cl)n2-c2ccc(F)cc2)ccc1F. The third-order valence-corrected chi connectivity index (χ3v) is 8.01. The van der Waals surface area contributed by atoms with E-state index in [0.717, 1.165) is 11.3 Å². The summed E-state index contributed by atoms with van der Waals surface area (Å²) in [4.78, 5) is 4.64. The summed E-state index contributed by atoms with van der Waals surface area (Å²) < 4.78 is 55.8. The van der Waals surface area contributed by atoms with Crippen molar-refractivity contribution >= 4 is 29.3 Å². The van der Waals surface area contributed by atoms with Crippen LogP contribution < -0.4 is 20.5 Å². The summed E-state index contributed by atoms with van der Waals surface area (Å²) >= 11 is 7.72. The summed E-state index contributed by atoms with van der Waals surface area (Å²) in [5.74, 6) is -0.934. The first-order valence-corrected chi connectivity index (χ1v) is 14.4. The molecule has 0 atom stereocenters. The van der Waals surface area contributed by atoms with Gasteiger partial charge in [-0.05, 0) is 54.4 Å². The number of methoxy groups -OCH3 is 1. The topological polar surface area (TPSA) is 98.2 Å². The molecule has 1 heterocycles. The summed E-state index contributed by atoms with van der Waals surface area (Å²) in [6.45, 7) is 4.68. The van der Waals surface area contributed by atoms with Gasteiger partial charge in [-0.1, -0.05) is 43.3 Å². The van der Waals surface area contributed by atoms with Gasteiger partial charge in [0.2, 0.25) is 0 Å². The average molecular weight is 618 g/mol. The summed E-state index contributed by atoms with van der Waals surface area (Å²) in [5, 5.41) is 10.6. The number of hydrogen-bond donors (Lipinski definition) is 3. The Balaban J connectivity index is 1.61. The zero-order valence-corrected chi connectivity index (χ0v) is 24.9. The molecule has 0 spiro atoms. The Labute approximate surface area is 251 Å². The molecule has 7 nitrogen and oxygen atoms in total. The number of guanidine groups is 1. The number of nitrogens with two attached hydrogens (primary N) is 1. The minimum atomic E-state index is -0.678. The van der Waals surface area contributed by atoms with Gasteiger partial charge in [0.05, 0.1) is 30.6 Å². The number of ether oxygens (including phenoxy) is 2. The van der Waals surface area contributed by atoms with Crippen LogP contribution in [0.4, 0.5) is 13.2 Å². The monoisotopic (exact) mass is 617 g/mol. The van der Waals surface area contributed by atoms with Gasteiger partial charge in [0.1, 0.15) is 17.4 Å². The number of benzene rings is 3. The van der Waals surface area contributed by atoms with Crippen LogP contribution in [-0.2, 0) is 11.2 Å². The molecule has 0 bridgehead atoms. The van der Waals surface area contributed by atoms with Crippen LogP contribution in [0, 0.1) is 22.9 Å². The Bertz CT molecular complexity index is 1540. The highest BCUT2D eigenvalue weighted by Crippen LogP contribution is 2.39. The molecule has 0 amide bonds. The molecule has 1 aromatic heterocycles. The molecular formula is C30H31ClF3N5O2S. The van der Waals surface area contributed by atoms with Crippen molar-refractivity contribution in [2.75, 3.05) is 20.3 Å². The quantitative estimate of drug-likeness (QED) is 0.0698. The fraction of sp³-hybridized carbons (Fsp3) is 0.267. The van der Waals surface area contributed by atoms with E-state index in [9.17, 15) is 8.78 Å². The van der Waals surface area contributed by atoms with Gasteiger partial charge in [-0.25, -0.2) is 18.2 Å². The van der Waals surface area contributed by atoms with Crippen LogP contribution in [-0.4, -0.2) is 35.8 Å². The van der Waals surface area contributed by atoms with Crippen LogP contribution >= 0.6 is 23.4 Å². The van der Waals surface area contributed by atoms with Gasteiger partial charge in [0, 0.05) is 35.0 Å². The van der Waals surface area contributed by atoms with Crippen molar-refractivity contribution in [2.45, 2.75) is 36.6 Å². The maximum atomic E-state index is 15.1. The molecule has 222 valence electrons. The zero-order valence-electron chi connectivity index (χ0n) is 23.3. The van der Waals surface area contributed by atoms with Crippen molar-refractivity contribution in [1.82, 2.24) is 14.9 Å². The Morgan fingerprint density at radius 1 is 1.10 bits per heavy atom. The number of aromatic nitrogens is 2. The molecule has 0 unspecified atom stereocenters. The Kier molecular flexibility index (Phi) is 9.95. The Morgan fingerprint density at radius 2 is 1.83 bits per heavy atom. The first-order valence-electron chi connectivity index (χ1n) is 13.0. The third-order valence-electron chi connectivity index (χ3n) is 6.69. The first kappa shape index (κ1) is 31.1. The van der Waals surface area contributed by atoms with Gasteiger partial charge in [-0.2, -0.15) is 0 Å². The fourth-order valence-corrected chi connectivity index (χ4v) is 5.71. The minimum absolute atomic E-state index is 0.119. The number of imidazole rings is 1. The molecule has 0 saturated heterocycles.